The fourth-order valence-electron chi connectivity index (χ4n) is 1.86. The Kier molecular flexibility index (Phi) is 2.47. The van der Waals surface area contributed by atoms with E-state index in [1.54, 1.807) is 13.0 Å². The predicted molar refractivity (Wildman–Crippen MR) is 62.0 cm³/mol. The molecule has 0 radical (unpaired) electrons. The SMILES string of the molecule is Cc1cc([N+](=O)[O-])cc2cccc([N+](=O)[O-])c12. The molecule has 86 valence electrons. The Balaban J connectivity index is 2.85. The molecule has 0 fully saturated rings. The molecule has 2 aromatic carbocycles. The number of hydrogen-bond donors (Lipinski definition) is 0. The number of non-ortho nitro benzene ring substituents is 2. The highest BCUT2D eigenvalue weighted by Crippen LogP contribution is 2.31. The minimum absolute atomic E-state index is 0.0325. The topological polar surface area (TPSA) is 86.3 Å². The van der Waals surface area contributed by atoms with E-state index in [4.69, 9.17) is 0 Å². The van der Waals surface area contributed by atoms with Crippen LogP contribution in [0.5, 0.6) is 0 Å². The largest absolute Gasteiger partial charge is 0.277 e. The minimum Gasteiger partial charge on any atom is -0.258 e. The van der Waals surface area contributed by atoms with Crippen LogP contribution in [0, 0.1) is 27.2 Å². The summed E-state index contributed by atoms with van der Waals surface area (Å²) >= 11 is 0. The molecule has 17 heavy (non-hydrogen) atoms. The summed E-state index contributed by atoms with van der Waals surface area (Å²) in [6.07, 6.45) is 0. The van der Waals surface area contributed by atoms with Crippen LogP contribution in [-0.4, -0.2) is 9.85 Å². The fraction of sp³-hybridized carbons (Fsp3) is 0.0909. The molecule has 0 N–H and O–H groups in total. The normalized spacial score (nSPS) is 10.4. The molecule has 0 unspecified atom stereocenters. The third kappa shape index (κ3) is 1.80. The Morgan fingerprint density at radius 1 is 1.06 bits per heavy atom. The van der Waals surface area contributed by atoms with Crippen LogP contribution < -0.4 is 0 Å². The van der Waals surface area contributed by atoms with E-state index in [1.165, 1.54) is 24.3 Å². The van der Waals surface area contributed by atoms with Crippen LogP contribution in [0.4, 0.5) is 11.4 Å². The first-order chi connectivity index (χ1) is 8.00. The molecule has 6 nitrogen and oxygen atoms in total. The molecule has 0 aliphatic heterocycles. The van der Waals surface area contributed by atoms with Crippen molar-refractivity contribution in [2.45, 2.75) is 6.92 Å². The summed E-state index contributed by atoms with van der Waals surface area (Å²) in [5, 5.41) is 22.5. The van der Waals surface area contributed by atoms with Crippen LogP contribution in [0.3, 0.4) is 0 Å². The van der Waals surface area contributed by atoms with Gasteiger partial charge in [0.2, 0.25) is 0 Å². The number of nitrogens with zero attached hydrogens (tertiary/aromatic N) is 2. The van der Waals surface area contributed by atoms with Crippen LogP contribution in [0.15, 0.2) is 30.3 Å². The Hall–Kier alpha value is -2.50. The first-order valence-corrected chi connectivity index (χ1v) is 4.83. The second-order valence-corrected chi connectivity index (χ2v) is 3.65. The molecule has 0 saturated heterocycles. The van der Waals surface area contributed by atoms with Gasteiger partial charge in [-0.15, -0.1) is 0 Å². The van der Waals surface area contributed by atoms with Crippen molar-refractivity contribution in [1.29, 1.82) is 0 Å². The summed E-state index contributed by atoms with van der Waals surface area (Å²) in [6, 6.07) is 7.22. The van der Waals surface area contributed by atoms with Crippen LogP contribution in [0.2, 0.25) is 0 Å². The Labute approximate surface area is 95.8 Å². The molecule has 0 aromatic heterocycles. The number of hydrogen-bond acceptors (Lipinski definition) is 4. The van der Waals surface area contributed by atoms with Crippen LogP contribution in [-0.2, 0) is 0 Å². The zero-order valence-corrected chi connectivity index (χ0v) is 8.91. The van der Waals surface area contributed by atoms with Crippen LogP contribution in [0.1, 0.15) is 5.56 Å². The van der Waals surface area contributed by atoms with Crippen molar-refractivity contribution < 1.29 is 9.85 Å². The van der Waals surface area contributed by atoms with E-state index < -0.39 is 9.85 Å². The number of fused-ring (bicyclic) bond motifs is 1. The van der Waals surface area contributed by atoms with Crippen molar-refractivity contribution in [3.05, 3.63) is 56.1 Å². The van der Waals surface area contributed by atoms with Gasteiger partial charge in [-0.1, -0.05) is 12.1 Å². The molecule has 0 amide bonds. The molecule has 6 heteroatoms. The van der Waals surface area contributed by atoms with Gasteiger partial charge in [0.25, 0.3) is 11.4 Å². The highest BCUT2D eigenvalue weighted by Gasteiger charge is 2.17. The van der Waals surface area contributed by atoms with Crippen LogP contribution >= 0.6 is 0 Å². The summed E-state index contributed by atoms with van der Waals surface area (Å²) in [5.74, 6) is 0. The van der Waals surface area contributed by atoms with E-state index in [1.807, 2.05) is 0 Å². The monoisotopic (exact) mass is 232 g/mol. The maximum atomic E-state index is 10.9. The smallest absolute Gasteiger partial charge is 0.258 e. The van der Waals surface area contributed by atoms with Gasteiger partial charge in [-0.2, -0.15) is 0 Å². The van der Waals surface area contributed by atoms with E-state index >= 15 is 0 Å². The molecule has 2 rings (SSSR count). The second-order valence-electron chi connectivity index (χ2n) is 3.65. The highest BCUT2D eigenvalue weighted by atomic mass is 16.6. The molecule has 0 aliphatic carbocycles. The lowest BCUT2D eigenvalue weighted by atomic mass is 10.0. The van der Waals surface area contributed by atoms with E-state index in [2.05, 4.69) is 0 Å². The highest BCUT2D eigenvalue weighted by molar-refractivity contribution is 5.95. The van der Waals surface area contributed by atoms with Gasteiger partial charge >= 0.3 is 0 Å². The van der Waals surface area contributed by atoms with E-state index in [0.717, 1.165) is 0 Å². The van der Waals surface area contributed by atoms with Gasteiger partial charge in [-0.25, -0.2) is 0 Å². The van der Waals surface area contributed by atoms with Crippen molar-refractivity contribution >= 4 is 22.1 Å². The number of aryl methyl sites for hydroxylation is 1. The molecule has 0 heterocycles. The molecule has 0 aliphatic rings. The Bertz CT molecular complexity index is 637. The lowest BCUT2D eigenvalue weighted by Crippen LogP contribution is -1.94. The van der Waals surface area contributed by atoms with E-state index in [9.17, 15) is 20.2 Å². The fourth-order valence-corrected chi connectivity index (χ4v) is 1.86. The molecular formula is C11H8N2O4. The van der Waals surface area contributed by atoms with Crippen molar-refractivity contribution in [3.63, 3.8) is 0 Å². The number of benzene rings is 2. The van der Waals surface area contributed by atoms with Gasteiger partial charge < -0.3 is 0 Å². The van der Waals surface area contributed by atoms with Crippen LogP contribution in [0.25, 0.3) is 10.8 Å². The maximum absolute atomic E-state index is 10.9. The average Bonchev–Trinajstić information content (AvgIpc) is 2.27. The van der Waals surface area contributed by atoms with E-state index in [-0.39, 0.29) is 11.4 Å². The Morgan fingerprint density at radius 3 is 2.35 bits per heavy atom. The molecule has 0 saturated carbocycles. The standard InChI is InChI=1S/C11H8N2O4/c1-7-5-9(12(14)15)6-8-3-2-4-10(11(7)8)13(16)17/h2-6H,1H3. The van der Waals surface area contributed by atoms with Gasteiger partial charge in [0.1, 0.15) is 0 Å². The van der Waals surface area contributed by atoms with Crippen molar-refractivity contribution in [2.75, 3.05) is 0 Å². The molecule has 2 aromatic rings. The maximum Gasteiger partial charge on any atom is 0.277 e. The predicted octanol–water partition coefficient (Wildman–Crippen LogP) is 2.96. The van der Waals surface area contributed by atoms with Crippen molar-refractivity contribution in [1.82, 2.24) is 0 Å². The summed E-state index contributed by atoms with van der Waals surface area (Å²) in [5.41, 5.74) is 0.437. The van der Waals surface area contributed by atoms with Gasteiger partial charge in [-0.05, 0) is 17.9 Å². The second kappa shape index (κ2) is 3.82. The third-order valence-corrected chi connectivity index (χ3v) is 2.54. The number of nitro groups is 2. The first kappa shape index (κ1) is 11.0. The molecular weight excluding hydrogens is 224 g/mol. The van der Waals surface area contributed by atoms with Gasteiger partial charge in [-0.3, -0.25) is 20.2 Å². The minimum atomic E-state index is -0.509. The van der Waals surface area contributed by atoms with Gasteiger partial charge in [0, 0.05) is 18.2 Å². The van der Waals surface area contributed by atoms with Gasteiger partial charge in [0.15, 0.2) is 0 Å². The number of rotatable bonds is 2. The average molecular weight is 232 g/mol. The lowest BCUT2D eigenvalue weighted by molar-refractivity contribution is -0.385. The van der Waals surface area contributed by atoms with Crippen molar-refractivity contribution in [3.8, 4) is 0 Å². The molecule has 0 bridgehead atoms. The van der Waals surface area contributed by atoms with Crippen molar-refractivity contribution in [2.24, 2.45) is 0 Å². The van der Waals surface area contributed by atoms with Gasteiger partial charge in [0.05, 0.1) is 15.2 Å². The van der Waals surface area contributed by atoms with E-state index in [0.29, 0.717) is 16.3 Å². The third-order valence-electron chi connectivity index (χ3n) is 2.54. The Morgan fingerprint density at radius 2 is 1.76 bits per heavy atom. The summed E-state index contributed by atoms with van der Waals surface area (Å²) in [6.45, 7) is 1.63. The first-order valence-electron chi connectivity index (χ1n) is 4.83. The summed E-state index contributed by atoms with van der Waals surface area (Å²) < 4.78 is 0. The number of nitro benzene ring substituents is 2. The molecule has 0 atom stereocenters. The molecule has 0 spiro atoms. The zero-order chi connectivity index (χ0) is 12.6. The lowest BCUT2D eigenvalue weighted by Gasteiger charge is -2.03. The quantitative estimate of drug-likeness (QED) is 0.588. The summed E-state index contributed by atoms with van der Waals surface area (Å²) in [4.78, 5) is 20.6. The zero-order valence-electron chi connectivity index (χ0n) is 8.91. The summed E-state index contributed by atoms with van der Waals surface area (Å²) in [7, 11) is 0.